The Balaban J connectivity index is 2.28. The van der Waals surface area contributed by atoms with E-state index in [4.69, 9.17) is 22.1 Å². The molecule has 2 aromatic carbocycles. The molecule has 2 N–H and O–H groups in total. The van der Waals surface area contributed by atoms with Gasteiger partial charge in [-0.1, -0.05) is 37.6 Å². The van der Waals surface area contributed by atoms with Crippen LogP contribution in [-0.4, -0.2) is 0 Å². The highest BCUT2D eigenvalue weighted by molar-refractivity contribution is 6.31. The number of benzene rings is 2. The molecule has 0 aromatic heterocycles. The Hall–Kier alpha value is -1.51. The average Bonchev–Trinajstić information content (AvgIpc) is 2.42. The van der Waals surface area contributed by atoms with Crippen molar-refractivity contribution < 1.29 is 4.74 Å². The molecule has 2 aromatic rings. The van der Waals surface area contributed by atoms with E-state index in [1.54, 1.807) is 0 Å². The van der Waals surface area contributed by atoms with Crippen molar-refractivity contribution >= 4 is 11.6 Å². The van der Waals surface area contributed by atoms with Crippen LogP contribution in [0, 0.1) is 6.92 Å². The predicted molar refractivity (Wildman–Crippen MR) is 89.4 cm³/mol. The first-order valence-electron chi connectivity index (χ1n) is 7.22. The van der Waals surface area contributed by atoms with E-state index in [-0.39, 0.29) is 6.04 Å². The summed E-state index contributed by atoms with van der Waals surface area (Å²) in [5.41, 5.74) is 9.08. The molecule has 112 valence electrons. The molecule has 1 unspecified atom stereocenters. The summed E-state index contributed by atoms with van der Waals surface area (Å²) in [6, 6.07) is 11.9. The van der Waals surface area contributed by atoms with Crippen molar-refractivity contribution in [1.29, 1.82) is 0 Å². The Labute approximate surface area is 131 Å². The zero-order valence-corrected chi connectivity index (χ0v) is 13.7. The van der Waals surface area contributed by atoms with E-state index >= 15 is 0 Å². The fraction of sp³-hybridized carbons (Fsp3) is 0.333. The fourth-order valence-electron chi connectivity index (χ4n) is 2.19. The monoisotopic (exact) mass is 303 g/mol. The van der Waals surface area contributed by atoms with Crippen LogP contribution in [0.25, 0.3) is 0 Å². The predicted octanol–water partition coefficient (Wildman–Crippen LogP) is 5.58. The van der Waals surface area contributed by atoms with Crippen LogP contribution in [0.1, 0.15) is 49.4 Å². The van der Waals surface area contributed by atoms with Crippen molar-refractivity contribution in [1.82, 2.24) is 0 Å². The van der Waals surface area contributed by atoms with E-state index in [9.17, 15) is 0 Å². The van der Waals surface area contributed by atoms with Gasteiger partial charge in [0.25, 0.3) is 0 Å². The normalized spacial score (nSPS) is 12.5. The molecule has 0 bridgehead atoms. The van der Waals surface area contributed by atoms with E-state index in [1.165, 1.54) is 0 Å². The third-order valence-corrected chi connectivity index (χ3v) is 3.88. The maximum Gasteiger partial charge on any atom is 0.130 e. The molecule has 0 spiro atoms. The SMILES string of the molecule is Cc1cc(Cl)c(C(C)C)cc1Oc1ccc(C(C)N)cc1. The van der Waals surface area contributed by atoms with Crippen LogP contribution < -0.4 is 10.5 Å². The van der Waals surface area contributed by atoms with Crippen molar-refractivity contribution in [3.8, 4) is 11.5 Å². The molecule has 0 saturated carbocycles. The van der Waals surface area contributed by atoms with Gasteiger partial charge in [0.1, 0.15) is 11.5 Å². The number of halogens is 1. The molecule has 0 radical (unpaired) electrons. The maximum atomic E-state index is 6.29. The second-order valence-corrected chi connectivity index (χ2v) is 6.16. The first-order chi connectivity index (χ1) is 9.88. The first kappa shape index (κ1) is 15.9. The quantitative estimate of drug-likeness (QED) is 0.799. The van der Waals surface area contributed by atoms with Crippen molar-refractivity contribution in [3.05, 3.63) is 58.1 Å². The van der Waals surface area contributed by atoms with Gasteiger partial charge in [0, 0.05) is 11.1 Å². The first-order valence-corrected chi connectivity index (χ1v) is 7.59. The lowest BCUT2D eigenvalue weighted by molar-refractivity contribution is 0.477. The summed E-state index contributed by atoms with van der Waals surface area (Å²) >= 11 is 6.29. The number of hydrogen-bond acceptors (Lipinski definition) is 2. The van der Waals surface area contributed by atoms with E-state index in [0.717, 1.165) is 33.2 Å². The molecule has 2 rings (SSSR count). The van der Waals surface area contributed by atoms with E-state index in [0.29, 0.717) is 5.92 Å². The van der Waals surface area contributed by atoms with Crippen LogP contribution in [0.3, 0.4) is 0 Å². The van der Waals surface area contributed by atoms with Crippen LogP contribution in [0.15, 0.2) is 36.4 Å². The van der Waals surface area contributed by atoms with Crippen molar-refractivity contribution in [2.75, 3.05) is 0 Å². The molecule has 21 heavy (non-hydrogen) atoms. The second-order valence-electron chi connectivity index (χ2n) is 5.75. The lowest BCUT2D eigenvalue weighted by Gasteiger charge is -2.15. The maximum absolute atomic E-state index is 6.29. The van der Waals surface area contributed by atoms with Crippen molar-refractivity contribution in [3.63, 3.8) is 0 Å². The van der Waals surface area contributed by atoms with E-state index in [1.807, 2.05) is 50.2 Å². The lowest BCUT2D eigenvalue weighted by atomic mass is 10.0. The third kappa shape index (κ3) is 3.78. The summed E-state index contributed by atoms with van der Waals surface area (Å²) in [7, 11) is 0. The summed E-state index contributed by atoms with van der Waals surface area (Å²) < 4.78 is 5.99. The van der Waals surface area contributed by atoms with Gasteiger partial charge in [-0.05, 0) is 60.7 Å². The fourth-order valence-corrected chi connectivity index (χ4v) is 2.62. The van der Waals surface area contributed by atoms with Gasteiger partial charge < -0.3 is 10.5 Å². The van der Waals surface area contributed by atoms with Gasteiger partial charge in [0.2, 0.25) is 0 Å². The average molecular weight is 304 g/mol. The van der Waals surface area contributed by atoms with Gasteiger partial charge in [0.15, 0.2) is 0 Å². The standard InChI is InChI=1S/C18H22ClNO/c1-11(2)16-10-18(12(3)9-17(16)19)21-15-7-5-14(6-8-15)13(4)20/h5-11,13H,20H2,1-4H3. The van der Waals surface area contributed by atoms with Crippen LogP contribution >= 0.6 is 11.6 Å². The highest BCUT2D eigenvalue weighted by Crippen LogP contribution is 2.34. The molecule has 0 aliphatic carbocycles. The van der Waals surface area contributed by atoms with Gasteiger partial charge >= 0.3 is 0 Å². The zero-order valence-electron chi connectivity index (χ0n) is 13.0. The number of ether oxygens (including phenoxy) is 1. The molecule has 1 atom stereocenters. The Morgan fingerprint density at radius 1 is 1.05 bits per heavy atom. The number of aryl methyl sites for hydroxylation is 1. The van der Waals surface area contributed by atoms with Crippen LogP contribution in [0.4, 0.5) is 0 Å². The van der Waals surface area contributed by atoms with Crippen LogP contribution in [-0.2, 0) is 0 Å². The van der Waals surface area contributed by atoms with E-state index in [2.05, 4.69) is 13.8 Å². The smallest absolute Gasteiger partial charge is 0.130 e. The highest BCUT2D eigenvalue weighted by atomic mass is 35.5. The van der Waals surface area contributed by atoms with Gasteiger partial charge in [-0.15, -0.1) is 0 Å². The summed E-state index contributed by atoms with van der Waals surface area (Å²) in [5.74, 6) is 2.01. The molecular formula is C18H22ClNO. The molecule has 0 aliphatic heterocycles. The topological polar surface area (TPSA) is 35.2 Å². The molecule has 0 heterocycles. The summed E-state index contributed by atoms with van der Waals surface area (Å²) in [5, 5.41) is 0.794. The van der Waals surface area contributed by atoms with Crippen LogP contribution in [0.2, 0.25) is 5.02 Å². The molecular weight excluding hydrogens is 282 g/mol. The molecule has 0 aliphatic rings. The van der Waals surface area contributed by atoms with Crippen molar-refractivity contribution in [2.24, 2.45) is 5.73 Å². The Kier molecular flexibility index (Phi) is 4.92. The van der Waals surface area contributed by atoms with Crippen LogP contribution in [0.5, 0.6) is 11.5 Å². The number of nitrogens with two attached hydrogens (primary N) is 1. The summed E-state index contributed by atoms with van der Waals surface area (Å²) in [6.07, 6.45) is 0. The number of hydrogen-bond donors (Lipinski definition) is 1. The van der Waals surface area contributed by atoms with Crippen molar-refractivity contribution in [2.45, 2.75) is 39.7 Å². The molecule has 3 heteroatoms. The second kappa shape index (κ2) is 6.50. The van der Waals surface area contributed by atoms with Gasteiger partial charge in [0.05, 0.1) is 0 Å². The largest absolute Gasteiger partial charge is 0.457 e. The Bertz CT molecular complexity index is 618. The minimum Gasteiger partial charge on any atom is -0.457 e. The summed E-state index contributed by atoms with van der Waals surface area (Å²) in [6.45, 7) is 8.21. The van der Waals surface area contributed by atoms with E-state index < -0.39 is 0 Å². The Morgan fingerprint density at radius 3 is 2.19 bits per heavy atom. The third-order valence-electron chi connectivity index (χ3n) is 3.55. The lowest BCUT2D eigenvalue weighted by Crippen LogP contribution is -2.04. The molecule has 0 saturated heterocycles. The minimum atomic E-state index is 0.0314. The number of rotatable bonds is 4. The zero-order chi connectivity index (χ0) is 15.6. The molecule has 2 nitrogen and oxygen atoms in total. The van der Waals surface area contributed by atoms with Gasteiger partial charge in [-0.25, -0.2) is 0 Å². The molecule has 0 amide bonds. The summed E-state index contributed by atoms with van der Waals surface area (Å²) in [4.78, 5) is 0. The molecule has 0 fully saturated rings. The van der Waals surface area contributed by atoms with Gasteiger partial charge in [-0.2, -0.15) is 0 Å². The van der Waals surface area contributed by atoms with Gasteiger partial charge in [-0.3, -0.25) is 0 Å². The Morgan fingerprint density at radius 2 is 1.67 bits per heavy atom. The highest BCUT2D eigenvalue weighted by Gasteiger charge is 2.11. The minimum absolute atomic E-state index is 0.0314.